The zero-order chi connectivity index (χ0) is 23.5. The van der Waals surface area contributed by atoms with E-state index in [9.17, 15) is 4.79 Å². The molecule has 0 spiro atoms. The largest absolute Gasteiger partial charge is 0.495 e. The Balaban J connectivity index is 1.60. The summed E-state index contributed by atoms with van der Waals surface area (Å²) in [5.41, 5.74) is 9.19. The number of halogens is 1. The van der Waals surface area contributed by atoms with Crippen molar-refractivity contribution in [3.8, 4) is 28.6 Å². The van der Waals surface area contributed by atoms with Crippen molar-refractivity contribution in [3.63, 3.8) is 0 Å². The molecule has 4 aromatic rings. The van der Waals surface area contributed by atoms with Gasteiger partial charge < -0.3 is 20.3 Å². The number of nitrogens with one attached hydrogen (secondary N) is 1. The Morgan fingerprint density at radius 2 is 2.12 bits per heavy atom. The number of carbonyl (C=O) groups excluding carboxylic acids is 1. The molecule has 11 heteroatoms. The molecule has 0 radical (unpaired) electrons. The van der Waals surface area contributed by atoms with Crippen LogP contribution in [-0.4, -0.2) is 39.2 Å². The topological polar surface area (TPSA) is 121 Å². The second-order valence-corrected chi connectivity index (χ2v) is 8.34. The number of carbonyl (C=O) groups is 1. The zero-order valence-electron chi connectivity index (χ0n) is 18.1. The Morgan fingerprint density at radius 1 is 1.30 bits per heavy atom. The fourth-order valence-electron chi connectivity index (χ4n) is 3.25. The summed E-state index contributed by atoms with van der Waals surface area (Å²) in [5, 5.41) is 12.3. The lowest BCUT2D eigenvalue weighted by molar-refractivity contribution is -0.116. The summed E-state index contributed by atoms with van der Waals surface area (Å²) >= 11 is 7.40. The van der Waals surface area contributed by atoms with Crippen molar-refractivity contribution in [2.45, 2.75) is 18.5 Å². The molecule has 2 heterocycles. The number of nitrogen functional groups attached to an aromatic ring is 1. The van der Waals surface area contributed by atoms with Gasteiger partial charge in [0.2, 0.25) is 11.7 Å². The zero-order valence-corrected chi connectivity index (χ0v) is 19.7. The molecule has 0 bridgehead atoms. The molecule has 2 aromatic heterocycles. The molecule has 0 aliphatic rings. The van der Waals surface area contributed by atoms with Crippen molar-refractivity contribution < 1.29 is 14.1 Å². The van der Waals surface area contributed by atoms with E-state index in [1.807, 2.05) is 37.4 Å². The predicted molar refractivity (Wildman–Crippen MR) is 129 cm³/mol. The number of thioether (sulfide) groups is 1. The van der Waals surface area contributed by atoms with Gasteiger partial charge in [-0.1, -0.05) is 40.5 Å². The molecule has 9 nitrogen and oxygen atoms in total. The highest BCUT2D eigenvalue weighted by Gasteiger charge is 2.24. The maximum Gasteiger partial charge on any atom is 0.264 e. The molecule has 2 aromatic carbocycles. The van der Waals surface area contributed by atoms with Gasteiger partial charge in [-0.2, -0.15) is 10.1 Å². The van der Waals surface area contributed by atoms with Crippen LogP contribution in [0.15, 0.2) is 52.0 Å². The minimum absolute atomic E-state index is 0.131. The van der Waals surface area contributed by atoms with Crippen molar-refractivity contribution in [1.29, 1.82) is 0 Å². The van der Waals surface area contributed by atoms with Gasteiger partial charge in [-0.05, 0) is 37.4 Å². The van der Waals surface area contributed by atoms with Crippen LogP contribution >= 0.6 is 23.4 Å². The Labute approximate surface area is 199 Å². The summed E-state index contributed by atoms with van der Waals surface area (Å²) in [6, 6.07) is 12.7. The van der Waals surface area contributed by atoms with E-state index in [1.54, 1.807) is 18.2 Å². The quantitative estimate of drug-likeness (QED) is 0.367. The second kappa shape index (κ2) is 9.55. The number of anilines is 2. The molecule has 0 atom stereocenters. The Kier molecular flexibility index (Phi) is 6.57. The highest BCUT2D eigenvalue weighted by Crippen LogP contribution is 2.35. The standard InChI is InChI=1S/C22H21ClN6O3S/c1-12-5-4-6-13(9-12)20-26-21(32-28-20)18-19(24)29(27-22(18)33-3)11-17(30)25-15-10-14(23)7-8-16(15)31-2/h4-10H,11,24H2,1-3H3,(H,25,30). The first-order valence-electron chi connectivity index (χ1n) is 9.84. The summed E-state index contributed by atoms with van der Waals surface area (Å²) in [6.07, 6.45) is 1.85. The van der Waals surface area contributed by atoms with Crippen LogP contribution in [0.2, 0.25) is 5.02 Å². The lowest BCUT2D eigenvalue weighted by Gasteiger charge is -2.11. The van der Waals surface area contributed by atoms with Crippen molar-refractivity contribution in [2.75, 3.05) is 24.4 Å². The summed E-state index contributed by atoms with van der Waals surface area (Å²) < 4.78 is 12.1. The first kappa shape index (κ1) is 22.7. The number of amides is 1. The lowest BCUT2D eigenvalue weighted by Crippen LogP contribution is -2.21. The van der Waals surface area contributed by atoms with E-state index in [4.69, 9.17) is 26.6 Å². The van der Waals surface area contributed by atoms with E-state index in [2.05, 4.69) is 20.6 Å². The van der Waals surface area contributed by atoms with Crippen LogP contribution in [0, 0.1) is 6.92 Å². The van der Waals surface area contributed by atoms with E-state index in [0.29, 0.717) is 32.9 Å². The summed E-state index contributed by atoms with van der Waals surface area (Å²) in [4.78, 5) is 17.2. The number of ether oxygens (including phenoxy) is 1. The van der Waals surface area contributed by atoms with E-state index in [0.717, 1.165) is 11.1 Å². The molecule has 0 aliphatic carbocycles. The van der Waals surface area contributed by atoms with Crippen molar-refractivity contribution in [2.24, 2.45) is 0 Å². The van der Waals surface area contributed by atoms with Crippen LogP contribution in [-0.2, 0) is 11.3 Å². The molecule has 0 aliphatic heterocycles. The lowest BCUT2D eigenvalue weighted by atomic mass is 10.1. The van der Waals surface area contributed by atoms with Gasteiger partial charge in [-0.15, -0.1) is 11.8 Å². The van der Waals surface area contributed by atoms with Gasteiger partial charge in [0.25, 0.3) is 5.89 Å². The Bertz CT molecular complexity index is 1320. The molecule has 0 unspecified atom stereocenters. The molecule has 3 N–H and O–H groups in total. The molecular formula is C22H21ClN6O3S. The van der Waals surface area contributed by atoms with Gasteiger partial charge in [0.15, 0.2) is 0 Å². The number of hydrogen-bond donors (Lipinski definition) is 2. The van der Waals surface area contributed by atoms with E-state index in [1.165, 1.54) is 23.6 Å². The highest BCUT2D eigenvalue weighted by molar-refractivity contribution is 7.98. The summed E-state index contributed by atoms with van der Waals surface area (Å²) in [6.45, 7) is 1.86. The third kappa shape index (κ3) is 4.81. The molecular weight excluding hydrogens is 464 g/mol. The van der Waals surface area contributed by atoms with E-state index in [-0.39, 0.29) is 24.2 Å². The molecule has 4 rings (SSSR count). The number of benzene rings is 2. The smallest absolute Gasteiger partial charge is 0.264 e. The third-order valence-corrected chi connectivity index (χ3v) is 5.71. The fraction of sp³-hybridized carbons (Fsp3) is 0.182. The van der Waals surface area contributed by atoms with Crippen molar-refractivity contribution >= 4 is 40.8 Å². The molecule has 0 saturated carbocycles. The van der Waals surface area contributed by atoms with Crippen LogP contribution in [0.3, 0.4) is 0 Å². The molecule has 1 amide bonds. The van der Waals surface area contributed by atoms with Gasteiger partial charge in [0.05, 0.1) is 12.8 Å². The normalized spacial score (nSPS) is 10.9. The number of aryl methyl sites for hydroxylation is 1. The maximum atomic E-state index is 12.7. The number of aromatic nitrogens is 4. The monoisotopic (exact) mass is 484 g/mol. The number of methoxy groups -OCH3 is 1. The first-order valence-corrected chi connectivity index (χ1v) is 11.4. The van der Waals surface area contributed by atoms with Gasteiger partial charge in [0, 0.05) is 10.6 Å². The average Bonchev–Trinajstić information content (AvgIpc) is 3.38. The Hall–Kier alpha value is -3.50. The van der Waals surface area contributed by atoms with Crippen LogP contribution in [0.5, 0.6) is 5.75 Å². The fourth-order valence-corrected chi connectivity index (χ4v) is 3.99. The number of hydrogen-bond acceptors (Lipinski definition) is 8. The molecule has 33 heavy (non-hydrogen) atoms. The number of rotatable bonds is 7. The summed E-state index contributed by atoms with van der Waals surface area (Å²) in [5.74, 6) is 1.05. The number of nitrogens with zero attached hydrogens (tertiary/aromatic N) is 4. The first-order chi connectivity index (χ1) is 15.9. The summed E-state index contributed by atoms with van der Waals surface area (Å²) in [7, 11) is 1.51. The SMILES string of the molecule is COc1ccc(Cl)cc1NC(=O)Cn1nc(SC)c(-c2nc(-c3cccc(C)c3)no2)c1N. The third-order valence-electron chi connectivity index (χ3n) is 4.80. The van der Waals surface area contributed by atoms with Gasteiger partial charge in [0.1, 0.15) is 28.7 Å². The molecule has 0 fully saturated rings. The van der Waals surface area contributed by atoms with E-state index >= 15 is 0 Å². The molecule has 170 valence electrons. The highest BCUT2D eigenvalue weighted by atomic mass is 35.5. The average molecular weight is 485 g/mol. The van der Waals surface area contributed by atoms with E-state index < -0.39 is 0 Å². The van der Waals surface area contributed by atoms with Crippen LogP contribution in [0.1, 0.15) is 5.56 Å². The minimum atomic E-state index is -0.352. The van der Waals surface area contributed by atoms with Crippen molar-refractivity contribution in [3.05, 3.63) is 53.1 Å². The molecule has 0 saturated heterocycles. The van der Waals surface area contributed by atoms with Gasteiger partial charge >= 0.3 is 0 Å². The van der Waals surface area contributed by atoms with Crippen LogP contribution < -0.4 is 15.8 Å². The predicted octanol–water partition coefficient (Wildman–Crippen LogP) is 4.51. The Morgan fingerprint density at radius 3 is 2.85 bits per heavy atom. The minimum Gasteiger partial charge on any atom is -0.495 e. The van der Waals surface area contributed by atoms with Crippen molar-refractivity contribution in [1.82, 2.24) is 19.9 Å². The van der Waals surface area contributed by atoms with Crippen LogP contribution in [0.25, 0.3) is 22.8 Å². The van der Waals surface area contributed by atoms with Crippen LogP contribution in [0.4, 0.5) is 11.5 Å². The number of nitrogens with two attached hydrogens (primary N) is 1. The van der Waals surface area contributed by atoms with Gasteiger partial charge in [-0.3, -0.25) is 4.79 Å². The van der Waals surface area contributed by atoms with Gasteiger partial charge in [-0.25, -0.2) is 4.68 Å². The second-order valence-electron chi connectivity index (χ2n) is 7.11. The maximum absolute atomic E-state index is 12.7.